The molecule has 1 amide bonds. The summed E-state index contributed by atoms with van der Waals surface area (Å²) in [6.45, 7) is 0.0324. The molecule has 2 nitrogen and oxygen atoms in total. The first-order valence-corrected chi connectivity index (χ1v) is 6.54. The molecule has 0 saturated carbocycles. The third-order valence-corrected chi connectivity index (χ3v) is 3.22. The summed E-state index contributed by atoms with van der Waals surface area (Å²) in [6, 6.07) is 7.76. The van der Waals surface area contributed by atoms with Gasteiger partial charge >= 0.3 is 6.18 Å². The largest absolute Gasteiger partial charge is 0.416 e. The minimum absolute atomic E-state index is 0.0324. The van der Waals surface area contributed by atoms with E-state index in [2.05, 4.69) is 5.32 Å². The molecule has 7 heteroatoms. The molecule has 0 heterocycles. The fourth-order valence-corrected chi connectivity index (χ4v) is 2.02. The summed E-state index contributed by atoms with van der Waals surface area (Å²) in [5.74, 6) is -1.10. The third kappa shape index (κ3) is 3.98. The molecule has 2 aromatic rings. The van der Waals surface area contributed by atoms with Crippen molar-refractivity contribution in [2.75, 3.05) is 0 Å². The van der Waals surface area contributed by atoms with Gasteiger partial charge in [-0.15, -0.1) is 0 Å². The number of carbonyl (C=O) groups excluding carboxylic acids is 1. The minimum atomic E-state index is -4.40. The molecule has 1 N–H and O–H groups in total. The van der Waals surface area contributed by atoms with Crippen LogP contribution in [0.2, 0.25) is 5.02 Å². The number of alkyl halides is 3. The lowest BCUT2D eigenvalue weighted by Gasteiger charge is -2.09. The second-order valence-corrected chi connectivity index (χ2v) is 4.91. The summed E-state index contributed by atoms with van der Waals surface area (Å²) in [7, 11) is 0. The highest BCUT2D eigenvalue weighted by Gasteiger charge is 2.29. The molecule has 22 heavy (non-hydrogen) atoms. The molecule has 0 atom stereocenters. The zero-order valence-corrected chi connectivity index (χ0v) is 11.8. The Kier molecular flexibility index (Phi) is 4.71. The van der Waals surface area contributed by atoms with Crippen LogP contribution in [0.4, 0.5) is 17.6 Å². The van der Waals surface area contributed by atoms with Gasteiger partial charge in [-0.3, -0.25) is 4.79 Å². The van der Waals surface area contributed by atoms with Crippen molar-refractivity contribution in [1.82, 2.24) is 5.32 Å². The Morgan fingerprint density at radius 2 is 1.73 bits per heavy atom. The topological polar surface area (TPSA) is 29.1 Å². The molecule has 0 bridgehead atoms. The number of benzene rings is 2. The lowest BCUT2D eigenvalue weighted by Crippen LogP contribution is -2.23. The van der Waals surface area contributed by atoms with Crippen LogP contribution in [0, 0.1) is 5.82 Å². The molecule has 116 valence electrons. The normalized spacial score (nSPS) is 11.3. The maximum absolute atomic E-state index is 12.9. The van der Waals surface area contributed by atoms with E-state index in [-0.39, 0.29) is 17.1 Å². The minimum Gasteiger partial charge on any atom is -0.348 e. The Hall–Kier alpha value is -2.08. The second kappa shape index (κ2) is 6.36. The first-order valence-electron chi connectivity index (χ1n) is 6.17. The lowest BCUT2D eigenvalue weighted by molar-refractivity contribution is -0.137. The van der Waals surface area contributed by atoms with Crippen molar-refractivity contribution in [3.63, 3.8) is 0 Å². The van der Waals surface area contributed by atoms with Gasteiger partial charge in [0.05, 0.1) is 16.1 Å². The fourth-order valence-electron chi connectivity index (χ4n) is 1.76. The van der Waals surface area contributed by atoms with Gasteiger partial charge < -0.3 is 5.32 Å². The highest BCUT2D eigenvalue weighted by molar-refractivity contribution is 6.33. The zero-order chi connectivity index (χ0) is 16.3. The number of carbonyl (C=O) groups is 1. The standard InChI is InChI=1S/C15H10ClF4NO/c16-13-7-11(17)5-6-12(13)14(22)21-8-9-1-3-10(4-2-9)15(18,19)20/h1-7H,8H2,(H,21,22). The highest BCUT2D eigenvalue weighted by Crippen LogP contribution is 2.29. The van der Waals surface area contributed by atoms with Gasteiger partial charge in [0.2, 0.25) is 0 Å². The smallest absolute Gasteiger partial charge is 0.348 e. The maximum atomic E-state index is 12.9. The Balaban J connectivity index is 2.02. The van der Waals surface area contributed by atoms with Gasteiger partial charge in [0.15, 0.2) is 0 Å². The van der Waals surface area contributed by atoms with Crippen LogP contribution < -0.4 is 5.32 Å². The lowest BCUT2D eigenvalue weighted by atomic mass is 10.1. The van der Waals surface area contributed by atoms with Crippen LogP contribution in [0.15, 0.2) is 42.5 Å². The van der Waals surface area contributed by atoms with Crippen molar-refractivity contribution in [1.29, 1.82) is 0 Å². The second-order valence-electron chi connectivity index (χ2n) is 4.50. The summed E-state index contributed by atoms with van der Waals surface area (Å²) >= 11 is 5.75. The summed E-state index contributed by atoms with van der Waals surface area (Å²) in [5.41, 5.74) is -0.168. The van der Waals surface area contributed by atoms with E-state index >= 15 is 0 Å². The van der Waals surface area contributed by atoms with Gasteiger partial charge in [-0.1, -0.05) is 23.7 Å². The number of amides is 1. The van der Waals surface area contributed by atoms with E-state index in [1.807, 2.05) is 0 Å². The number of halogens is 5. The van der Waals surface area contributed by atoms with Crippen molar-refractivity contribution in [3.05, 3.63) is 70.0 Å². The Bertz CT molecular complexity index is 683. The van der Waals surface area contributed by atoms with E-state index in [0.29, 0.717) is 5.56 Å². The predicted octanol–water partition coefficient (Wildman–Crippen LogP) is 4.43. The highest BCUT2D eigenvalue weighted by atomic mass is 35.5. The molecule has 0 spiro atoms. The van der Waals surface area contributed by atoms with Gasteiger partial charge in [0, 0.05) is 6.54 Å². The van der Waals surface area contributed by atoms with E-state index in [9.17, 15) is 22.4 Å². The van der Waals surface area contributed by atoms with Gasteiger partial charge in [0.1, 0.15) is 5.82 Å². The molecule has 0 radical (unpaired) electrons. The summed E-state index contributed by atoms with van der Waals surface area (Å²) in [6.07, 6.45) is -4.40. The number of hydrogen-bond acceptors (Lipinski definition) is 1. The first-order chi connectivity index (χ1) is 10.3. The van der Waals surface area contributed by atoms with E-state index in [1.54, 1.807) is 0 Å². The first kappa shape index (κ1) is 16.3. The molecular formula is C15H10ClF4NO. The Labute approximate surface area is 128 Å². The Morgan fingerprint density at radius 1 is 1.09 bits per heavy atom. The molecule has 0 saturated heterocycles. The molecule has 2 aromatic carbocycles. The molecule has 0 fully saturated rings. The molecule has 0 unspecified atom stereocenters. The zero-order valence-electron chi connectivity index (χ0n) is 11.0. The number of hydrogen-bond donors (Lipinski definition) is 1. The molecular weight excluding hydrogens is 322 g/mol. The van der Waals surface area contributed by atoms with Crippen molar-refractivity contribution >= 4 is 17.5 Å². The molecule has 0 aromatic heterocycles. The molecule has 0 aliphatic heterocycles. The molecule has 0 aliphatic rings. The van der Waals surface area contributed by atoms with Gasteiger partial charge in [-0.05, 0) is 35.9 Å². The van der Waals surface area contributed by atoms with E-state index in [4.69, 9.17) is 11.6 Å². The Morgan fingerprint density at radius 3 is 2.27 bits per heavy atom. The molecule has 2 rings (SSSR count). The van der Waals surface area contributed by atoms with Crippen molar-refractivity contribution in [3.8, 4) is 0 Å². The van der Waals surface area contributed by atoms with Gasteiger partial charge in [0.25, 0.3) is 5.91 Å². The molecule has 0 aliphatic carbocycles. The van der Waals surface area contributed by atoms with E-state index < -0.39 is 23.5 Å². The average molecular weight is 332 g/mol. The van der Waals surface area contributed by atoms with E-state index in [1.165, 1.54) is 18.2 Å². The summed E-state index contributed by atoms with van der Waals surface area (Å²) in [5, 5.41) is 2.47. The number of rotatable bonds is 3. The van der Waals surface area contributed by atoms with Crippen LogP contribution in [0.25, 0.3) is 0 Å². The van der Waals surface area contributed by atoms with Crippen LogP contribution >= 0.6 is 11.6 Å². The fraction of sp³-hybridized carbons (Fsp3) is 0.133. The summed E-state index contributed by atoms with van der Waals surface area (Å²) in [4.78, 5) is 11.9. The SMILES string of the molecule is O=C(NCc1ccc(C(F)(F)F)cc1)c1ccc(F)cc1Cl. The predicted molar refractivity (Wildman–Crippen MR) is 74.0 cm³/mol. The van der Waals surface area contributed by atoms with Crippen molar-refractivity contribution in [2.24, 2.45) is 0 Å². The van der Waals surface area contributed by atoms with E-state index in [0.717, 1.165) is 24.3 Å². The third-order valence-electron chi connectivity index (χ3n) is 2.91. The van der Waals surface area contributed by atoms with Crippen molar-refractivity contribution < 1.29 is 22.4 Å². The van der Waals surface area contributed by atoms with Crippen LogP contribution in [0.1, 0.15) is 21.5 Å². The quantitative estimate of drug-likeness (QED) is 0.828. The van der Waals surface area contributed by atoms with Gasteiger partial charge in [-0.2, -0.15) is 13.2 Å². The summed E-state index contributed by atoms with van der Waals surface area (Å²) < 4.78 is 50.1. The van der Waals surface area contributed by atoms with Crippen LogP contribution in [-0.2, 0) is 12.7 Å². The van der Waals surface area contributed by atoms with Crippen molar-refractivity contribution in [2.45, 2.75) is 12.7 Å². The average Bonchev–Trinajstić information content (AvgIpc) is 2.44. The maximum Gasteiger partial charge on any atom is 0.416 e. The van der Waals surface area contributed by atoms with Crippen LogP contribution in [0.5, 0.6) is 0 Å². The van der Waals surface area contributed by atoms with Crippen LogP contribution in [-0.4, -0.2) is 5.91 Å². The van der Waals surface area contributed by atoms with Gasteiger partial charge in [-0.25, -0.2) is 4.39 Å². The monoisotopic (exact) mass is 331 g/mol. The number of nitrogens with one attached hydrogen (secondary N) is 1. The van der Waals surface area contributed by atoms with Crippen LogP contribution in [0.3, 0.4) is 0 Å².